The van der Waals surface area contributed by atoms with Crippen LogP contribution in [-0.4, -0.2) is 45.4 Å². The molecule has 3 amide bonds. The van der Waals surface area contributed by atoms with E-state index in [0.29, 0.717) is 5.56 Å². The molecule has 14 nitrogen and oxygen atoms in total. The van der Waals surface area contributed by atoms with Crippen molar-refractivity contribution in [2.24, 2.45) is 0 Å². The van der Waals surface area contributed by atoms with Crippen molar-refractivity contribution in [3.63, 3.8) is 0 Å². The Hall–Kier alpha value is -5.53. The summed E-state index contributed by atoms with van der Waals surface area (Å²) in [7, 11) is 0. The second-order valence-electron chi connectivity index (χ2n) is 10.5. The molecule has 3 aromatic carbocycles. The van der Waals surface area contributed by atoms with Crippen molar-refractivity contribution in [1.82, 2.24) is 16.1 Å². The summed E-state index contributed by atoms with van der Waals surface area (Å²) in [5.41, 5.74) is 4.04. The average molecular weight is 593 g/mol. The first-order valence-electron chi connectivity index (χ1n) is 13.2. The van der Waals surface area contributed by atoms with Crippen LogP contribution < -0.4 is 21.5 Å². The number of rotatable bonds is 12. The summed E-state index contributed by atoms with van der Waals surface area (Å²) in [5.74, 6) is -1.44. The van der Waals surface area contributed by atoms with Gasteiger partial charge in [-0.2, -0.15) is 0 Å². The van der Waals surface area contributed by atoms with E-state index in [9.17, 15) is 34.6 Å². The molecule has 14 heteroatoms. The molecule has 0 aliphatic rings. The van der Waals surface area contributed by atoms with Crippen LogP contribution in [0.2, 0.25) is 0 Å². The minimum absolute atomic E-state index is 0.0347. The van der Waals surface area contributed by atoms with E-state index in [0.717, 1.165) is 23.8 Å². The van der Waals surface area contributed by atoms with Gasteiger partial charge in [-0.05, 0) is 38.0 Å². The summed E-state index contributed by atoms with van der Waals surface area (Å²) >= 11 is 0. The maximum absolute atomic E-state index is 13.5. The number of hydrazine groups is 1. The molecule has 0 unspecified atom stereocenters. The van der Waals surface area contributed by atoms with Gasteiger partial charge in [-0.1, -0.05) is 60.7 Å². The Bertz CT molecular complexity index is 1460. The van der Waals surface area contributed by atoms with Crippen LogP contribution in [0.4, 0.5) is 21.9 Å². The van der Waals surface area contributed by atoms with Crippen LogP contribution in [0.1, 0.15) is 31.9 Å². The quantitative estimate of drug-likeness (QED) is 0.179. The van der Waals surface area contributed by atoms with Gasteiger partial charge in [0.2, 0.25) is 5.91 Å². The van der Waals surface area contributed by atoms with Crippen LogP contribution in [0.15, 0.2) is 78.9 Å². The normalized spacial score (nSPS) is 12.3. The van der Waals surface area contributed by atoms with E-state index in [-0.39, 0.29) is 18.5 Å². The predicted molar refractivity (Wildman–Crippen MR) is 157 cm³/mol. The molecule has 0 aliphatic heterocycles. The standard InChI is InChI=1S/C29H32N6O8/c1-29(2,3)43-28(38)31-23(16-19-10-6-4-7-11-19)26(36)30-24(17-20-12-8-5-9-13-20)27(37)33-32-22-15-14-21(34(39)40)18-25(22)35(41)42/h4-15,18,23-24,32H,16-17H2,1-3H3,(H,30,36)(H,31,38)(H,33,37)/t23-,24+/m0/s1. The Kier molecular flexibility index (Phi) is 10.7. The number of nitro benzene ring substituents is 2. The summed E-state index contributed by atoms with van der Waals surface area (Å²) < 4.78 is 5.33. The molecule has 226 valence electrons. The number of nitrogens with one attached hydrogen (secondary N) is 4. The highest BCUT2D eigenvalue weighted by atomic mass is 16.6. The number of amides is 3. The first-order valence-corrected chi connectivity index (χ1v) is 13.2. The van der Waals surface area contributed by atoms with Crippen molar-refractivity contribution >= 4 is 35.0 Å². The summed E-state index contributed by atoms with van der Waals surface area (Å²) in [6, 6.07) is 18.3. The van der Waals surface area contributed by atoms with Gasteiger partial charge < -0.3 is 15.4 Å². The Labute approximate surface area is 247 Å². The van der Waals surface area contributed by atoms with Gasteiger partial charge in [0.15, 0.2) is 0 Å². The molecule has 0 fully saturated rings. The molecule has 43 heavy (non-hydrogen) atoms. The number of non-ortho nitro benzene ring substituents is 1. The second-order valence-corrected chi connectivity index (χ2v) is 10.5. The number of ether oxygens (including phenoxy) is 1. The van der Waals surface area contributed by atoms with E-state index in [4.69, 9.17) is 4.74 Å². The number of carbonyl (C=O) groups is 3. The first-order chi connectivity index (χ1) is 20.3. The van der Waals surface area contributed by atoms with E-state index in [1.54, 1.807) is 75.4 Å². The van der Waals surface area contributed by atoms with Crippen LogP contribution in [0.3, 0.4) is 0 Å². The second kappa shape index (κ2) is 14.4. The summed E-state index contributed by atoms with van der Waals surface area (Å²) in [6.07, 6.45) is -0.689. The summed E-state index contributed by atoms with van der Waals surface area (Å²) in [4.78, 5) is 60.4. The molecule has 4 N–H and O–H groups in total. The lowest BCUT2D eigenvalue weighted by atomic mass is 10.0. The molecule has 0 saturated heterocycles. The zero-order valence-electron chi connectivity index (χ0n) is 23.7. The predicted octanol–water partition coefficient (Wildman–Crippen LogP) is 3.81. The average Bonchev–Trinajstić information content (AvgIpc) is 2.95. The van der Waals surface area contributed by atoms with Gasteiger partial charge in [0.25, 0.3) is 11.6 Å². The third-order valence-corrected chi connectivity index (χ3v) is 5.91. The molecule has 0 bridgehead atoms. The minimum atomic E-state index is -1.20. The Morgan fingerprint density at radius 3 is 1.79 bits per heavy atom. The van der Waals surface area contributed by atoms with Gasteiger partial charge in [-0.25, -0.2) is 4.79 Å². The Balaban J connectivity index is 1.83. The van der Waals surface area contributed by atoms with Crippen molar-refractivity contribution in [2.75, 3.05) is 5.43 Å². The van der Waals surface area contributed by atoms with Gasteiger partial charge in [0.05, 0.1) is 15.9 Å². The number of nitrogens with zero attached hydrogens (tertiary/aromatic N) is 2. The first kappa shape index (κ1) is 32.0. The monoisotopic (exact) mass is 592 g/mol. The molecule has 3 aromatic rings. The largest absolute Gasteiger partial charge is 0.444 e. The summed E-state index contributed by atoms with van der Waals surface area (Å²) in [5, 5.41) is 27.8. The van der Waals surface area contributed by atoms with E-state index >= 15 is 0 Å². The third-order valence-electron chi connectivity index (χ3n) is 5.91. The molecule has 2 atom stereocenters. The molecular formula is C29H32N6O8. The number of carbonyl (C=O) groups excluding carboxylic acids is 3. The van der Waals surface area contributed by atoms with E-state index in [1.807, 2.05) is 6.07 Å². The van der Waals surface area contributed by atoms with Crippen LogP contribution >= 0.6 is 0 Å². The van der Waals surface area contributed by atoms with Crippen LogP contribution in [0, 0.1) is 20.2 Å². The van der Waals surface area contributed by atoms with E-state index in [1.165, 1.54) is 0 Å². The number of nitro groups is 2. The fraction of sp³-hybridized carbons (Fsp3) is 0.276. The minimum Gasteiger partial charge on any atom is -0.444 e. The van der Waals surface area contributed by atoms with Crippen molar-refractivity contribution in [3.8, 4) is 0 Å². The molecule has 0 heterocycles. The van der Waals surface area contributed by atoms with Crippen LogP contribution in [0.25, 0.3) is 0 Å². The number of hydrogen-bond donors (Lipinski definition) is 4. The van der Waals surface area contributed by atoms with Crippen LogP contribution in [0.5, 0.6) is 0 Å². The topological polar surface area (TPSA) is 195 Å². The highest BCUT2D eigenvalue weighted by molar-refractivity contribution is 5.92. The molecule has 0 radical (unpaired) electrons. The highest BCUT2D eigenvalue weighted by Gasteiger charge is 2.29. The lowest BCUT2D eigenvalue weighted by Gasteiger charge is -2.25. The van der Waals surface area contributed by atoms with Crippen molar-refractivity contribution in [3.05, 3.63) is 110 Å². The molecule has 0 aromatic heterocycles. The Morgan fingerprint density at radius 2 is 1.30 bits per heavy atom. The van der Waals surface area contributed by atoms with Crippen molar-refractivity contribution in [1.29, 1.82) is 0 Å². The number of hydrogen-bond acceptors (Lipinski definition) is 9. The van der Waals surface area contributed by atoms with Crippen molar-refractivity contribution < 1.29 is 29.0 Å². The number of alkyl carbamates (subject to hydrolysis) is 1. The molecule has 3 rings (SSSR count). The van der Waals surface area contributed by atoms with Gasteiger partial charge in [0, 0.05) is 18.9 Å². The zero-order chi connectivity index (χ0) is 31.6. The Morgan fingerprint density at radius 1 is 0.767 bits per heavy atom. The molecule has 0 aliphatic carbocycles. The lowest BCUT2D eigenvalue weighted by Crippen LogP contribution is -2.56. The highest BCUT2D eigenvalue weighted by Crippen LogP contribution is 2.28. The number of anilines is 1. The molecule has 0 saturated carbocycles. The lowest BCUT2D eigenvalue weighted by molar-refractivity contribution is -0.393. The molecule has 0 spiro atoms. The van der Waals surface area contributed by atoms with Gasteiger partial charge in [-0.15, -0.1) is 0 Å². The van der Waals surface area contributed by atoms with E-state index in [2.05, 4.69) is 21.5 Å². The van der Waals surface area contributed by atoms with Crippen molar-refractivity contribution in [2.45, 2.75) is 51.3 Å². The zero-order valence-corrected chi connectivity index (χ0v) is 23.7. The smallest absolute Gasteiger partial charge is 0.408 e. The fourth-order valence-corrected chi connectivity index (χ4v) is 3.95. The fourth-order valence-electron chi connectivity index (χ4n) is 3.95. The SMILES string of the molecule is CC(C)(C)OC(=O)N[C@@H](Cc1ccccc1)C(=O)N[C@H](Cc1ccccc1)C(=O)NNc1ccc([N+](=O)[O-])cc1[N+](=O)[O-]. The number of benzene rings is 3. The van der Waals surface area contributed by atoms with E-state index < -0.39 is 56.8 Å². The molecular weight excluding hydrogens is 560 g/mol. The van der Waals surface area contributed by atoms with Gasteiger partial charge in [-0.3, -0.25) is 40.7 Å². The van der Waals surface area contributed by atoms with Gasteiger partial charge >= 0.3 is 11.8 Å². The maximum Gasteiger partial charge on any atom is 0.408 e. The maximum atomic E-state index is 13.5. The third kappa shape index (κ3) is 10.1. The summed E-state index contributed by atoms with van der Waals surface area (Å²) in [6.45, 7) is 5.05. The van der Waals surface area contributed by atoms with Gasteiger partial charge in [0.1, 0.15) is 23.4 Å². The van der Waals surface area contributed by atoms with Crippen LogP contribution in [-0.2, 0) is 27.2 Å².